The molecule has 0 radical (unpaired) electrons. The van der Waals surface area contributed by atoms with E-state index in [-0.39, 0.29) is 16.9 Å². The van der Waals surface area contributed by atoms with Gasteiger partial charge in [0.2, 0.25) is 0 Å². The van der Waals surface area contributed by atoms with Crippen LogP contribution in [0.25, 0.3) is 0 Å². The molecule has 0 spiro atoms. The number of methoxy groups -OCH3 is 1. The van der Waals surface area contributed by atoms with Gasteiger partial charge in [-0.05, 0) is 31.9 Å². The van der Waals surface area contributed by atoms with E-state index >= 15 is 0 Å². The maximum absolute atomic E-state index is 11.2. The fourth-order valence-electron chi connectivity index (χ4n) is 2.65. The number of aromatic carboxylic acids is 1. The fourth-order valence-corrected chi connectivity index (χ4v) is 2.65. The monoisotopic (exact) mass is 294 g/mol. The number of nitro groups is 1. The summed E-state index contributed by atoms with van der Waals surface area (Å²) in [5.74, 6) is -1.18. The molecule has 2 rings (SSSR count). The van der Waals surface area contributed by atoms with Crippen molar-refractivity contribution in [3.8, 4) is 0 Å². The first-order valence-corrected chi connectivity index (χ1v) is 6.68. The van der Waals surface area contributed by atoms with E-state index < -0.39 is 10.9 Å². The molecule has 1 aromatic carbocycles. The normalized spacial score (nSPS) is 22.1. The van der Waals surface area contributed by atoms with Crippen LogP contribution in [0.15, 0.2) is 18.2 Å². The summed E-state index contributed by atoms with van der Waals surface area (Å²) in [7, 11) is 1.63. The first kappa shape index (κ1) is 15.2. The number of anilines is 1. The van der Waals surface area contributed by atoms with Crippen LogP contribution in [0.4, 0.5) is 11.4 Å². The summed E-state index contributed by atoms with van der Waals surface area (Å²) < 4.78 is 5.49. The molecule has 1 aliphatic rings. The Balaban J connectivity index is 2.39. The summed E-state index contributed by atoms with van der Waals surface area (Å²) >= 11 is 0. The molecule has 0 aromatic heterocycles. The van der Waals surface area contributed by atoms with Crippen LogP contribution in [0.3, 0.4) is 0 Å². The van der Waals surface area contributed by atoms with Gasteiger partial charge in [0.15, 0.2) is 0 Å². The van der Waals surface area contributed by atoms with Crippen LogP contribution in [0.1, 0.15) is 30.1 Å². The van der Waals surface area contributed by atoms with E-state index in [1.54, 1.807) is 7.11 Å². The van der Waals surface area contributed by atoms with Crippen LogP contribution in [-0.4, -0.2) is 41.8 Å². The van der Waals surface area contributed by atoms with Crippen LogP contribution in [0.2, 0.25) is 0 Å². The number of ether oxygens (including phenoxy) is 1. The first-order chi connectivity index (χ1) is 9.86. The second-order valence-electron chi connectivity index (χ2n) is 5.44. The SMILES string of the molecule is COC1(C)CCCN(c2ccc(C(=O)O)cc2[N+](=O)[O-])C1. The van der Waals surface area contributed by atoms with Gasteiger partial charge in [-0.25, -0.2) is 4.79 Å². The van der Waals surface area contributed by atoms with E-state index in [4.69, 9.17) is 9.84 Å². The zero-order valence-corrected chi connectivity index (χ0v) is 12.0. The van der Waals surface area contributed by atoms with E-state index in [9.17, 15) is 14.9 Å². The van der Waals surface area contributed by atoms with Crippen LogP contribution in [0, 0.1) is 10.1 Å². The average Bonchev–Trinajstić information content (AvgIpc) is 2.46. The number of nitrogens with zero attached hydrogens (tertiary/aromatic N) is 2. The van der Waals surface area contributed by atoms with Gasteiger partial charge in [0.1, 0.15) is 5.69 Å². The largest absolute Gasteiger partial charge is 0.478 e. The zero-order valence-electron chi connectivity index (χ0n) is 12.0. The van der Waals surface area contributed by atoms with E-state index in [0.717, 1.165) is 18.9 Å². The minimum atomic E-state index is -1.18. The molecule has 114 valence electrons. The van der Waals surface area contributed by atoms with Crippen molar-refractivity contribution in [3.05, 3.63) is 33.9 Å². The lowest BCUT2D eigenvalue weighted by molar-refractivity contribution is -0.384. The highest BCUT2D eigenvalue weighted by Crippen LogP contribution is 2.34. The van der Waals surface area contributed by atoms with Crippen molar-refractivity contribution in [1.82, 2.24) is 0 Å². The summed E-state index contributed by atoms with van der Waals surface area (Å²) in [4.78, 5) is 23.5. The Kier molecular flexibility index (Phi) is 4.13. The summed E-state index contributed by atoms with van der Waals surface area (Å²) in [5.41, 5.74) is -0.183. The number of hydrogen-bond acceptors (Lipinski definition) is 5. The molecule has 0 aliphatic carbocycles. The predicted molar refractivity (Wildman–Crippen MR) is 76.9 cm³/mol. The lowest BCUT2D eigenvalue weighted by Crippen LogP contribution is -2.47. The lowest BCUT2D eigenvalue weighted by atomic mass is 9.94. The van der Waals surface area contributed by atoms with E-state index in [0.29, 0.717) is 18.8 Å². The molecule has 1 aromatic rings. The van der Waals surface area contributed by atoms with Crippen molar-refractivity contribution in [2.45, 2.75) is 25.4 Å². The predicted octanol–water partition coefficient (Wildman–Crippen LogP) is 2.30. The maximum atomic E-state index is 11.2. The van der Waals surface area contributed by atoms with Crippen molar-refractivity contribution in [2.75, 3.05) is 25.1 Å². The molecule has 7 heteroatoms. The minimum absolute atomic E-state index is 0.0861. The number of nitro benzene ring substituents is 1. The van der Waals surface area contributed by atoms with Crippen molar-refractivity contribution in [1.29, 1.82) is 0 Å². The van der Waals surface area contributed by atoms with Crippen molar-refractivity contribution in [3.63, 3.8) is 0 Å². The highest BCUT2D eigenvalue weighted by atomic mass is 16.6. The van der Waals surface area contributed by atoms with Gasteiger partial charge in [-0.1, -0.05) is 0 Å². The first-order valence-electron chi connectivity index (χ1n) is 6.68. The molecule has 7 nitrogen and oxygen atoms in total. The molecule has 0 amide bonds. The Bertz CT molecular complexity index is 574. The van der Waals surface area contributed by atoms with Crippen LogP contribution in [-0.2, 0) is 4.74 Å². The second-order valence-corrected chi connectivity index (χ2v) is 5.44. The quantitative estimate of drug-likeness (QED) is 0.676. The molecular formula is C14H18N2O5. The summed E-state index contributed by atoms with van der Waals surface area (Å²) in [6.45, 7) is 3.19. The number of carboxylic acids is 1. The Morgan fingerprint density at radius 1 is 1.52 bits per heavy atom. The molecule has 21 heavy (non-hydrogen) atoms. The summed E-state index contributed by atoms with van der Waals surface area (Å²) in [6, 6.07) is 4.00. The third-order valence-electron chi connectivity index (χ3n) is 3.91. The lowest BCUT2D eigenvalue weighted by Gasteiger charge is -2.40. The minimum Gasteiger partial charge on any atom is -0.478 e. The topological polar surface area (TPSA) is 92.9 Å². The molecule has 1 atom stereocenters. The highest BCUT2D eigenvalue weighted by Gasteiger charge is 2.33. The molecule has 0 saturated carbocycles. The van der Waals surface area contributed by atoms with Gasteiger partial charge in [0, 0.05) is 26.3 Å². The molecule has 1 saturated heterocycles. The van der Waals surface area contributed by atoms with Crippen LogP contribution in [0.5, 0.6) is 0 Å². The van der Waals surface area contributed by atoms with Gasteiger partial charge in [-0.2, -0.15) is 0 Å². The van der Waals surface area contributed by atoms with Crippen molar-refractivity contribution in [2.24, 2.45) is 0 Å². The number of rotatable bonds is 4. The second kappa shape index (κ2) is 5.69. The smallest absolute Gasteiger partial charge is 0.335 e. The van der Waals surface area contributed by atoms with Crippen LogP contribution < -0.4 is 4.90 Å². The van der Waals surface area contributed by atoms with Crippen molar-refractivity contribution >= 4 is 17.3 Å². The van der Waals surface area contributed by atoms with Gasteiger partial charge in [-0.3, -0.25) is 10.1 Å². The number of carbonyl (C=O) groups is 1. The van der Waals surface area contributed by atoms with Gasteiger partial charge >= 0.3 is 5.97 Å². The van der Waals surface area contributed by atoms with Gasteiger partial charge in [0.05, 0.1) is 16.1 Å². The maximum Gasteiger partial charge on any atom is 0.335 e. The summed E-state index contributed by atoms with van der Waals surface area (Å²) in [6.07, 6.45) is 1.75. The molecule has 1 fully saturated rings. The van der Waals surface area contributed by atoms with Crippen LogP contribution >= 0.6 is 0 Å². The molecular weight excluding hydrogens is 276 g/mol. The van der Waals surface area contributed by atoms with Gasteiger partial charge in [-0.15, -0.1) is 0 Å². The third kappa shape index (κ3) is 3.13. The standard InChI is InChI=1S/C14H18N2O5/c1-14(21-2)6-3-7-15(9-14)11-5-4-10(13(17)18)8-12(11)16(19)20/h4-5,8H,3,6-7,9H2,1-2H3,(H,17,18). The Labute approximate surface area is 122 Å². The average molecular weight is 294 g/mol. The zero-order chi connectivity index (χ0) is 15.6. The number of piperidine rings is 1. The highest BCUT2D eigenvalue weighted by molar-refractivity contribution is 5.89. The Hall–Kier alpha value is -2.15. The Morgan fingerprint density at radius 3 is 2.81 bits per heavy atom. The summed E-state index contributed by atoms with van der Waals surface area (Å²) in [5, 5.41) is 20.2. The van der Waals surface area contributed by atoms with Gasteiger partial charge < -0.3 is 14.7 Å². The Morgan fingerprint density at radius 2 is 2.24 bits per heavy atom. The van der Waals surface area contributed by atoms with Gasteiger partial charge in [0.25, 0.3) is 5.69 Å². The molecule has 1 heterocycles. The molecule has 1 aliphatic heterocycles. The molecule has 1 unspecified atom stereocenters. The number of carboxylic acid groups (broad SMARTS) is 1. The van der Waals surface area contributed by atoms with E-state index in [1.165, 1.54) is 12.1 Å². The van der Waals surface area contributed by atoms with E-state index in [1.807, 2.05) is 11.8 Å². The third-order valence-corrected chi connectivity index (χ3v) is 3.91. The van der Waals surface area contributed by atoms with E-state index in [2.05, 4.69) is 0 Å². The molecule has 1 N–H and O–H groups in total. The fraction of sp³-hybridized carbons (Fsp3) is 0.500. The number of benzene rings is 1. The molecule has 0 bridgehead atoms. The van der Waals surface area contributed by atoms with Crippen molar-refractivity contribution < 1.29 is 19.6 Å². The number of hydrogen-bond donors (Lipinski definition) is 1.